The summed E-state index contributed by atoms with van der Waals surface area (Å²) in [6, 6.07) is 0.314. The smallest absolute Gasteiger partial charge is 0.323 e. The van der Waals surface area contributed by atoms with Gasteiger partial charge in [0.05, 0.1) is 0 Å². The molecular weight excluding hydrogens is 234 g/mol. The van der Waals surface area contributed by atoms with Crippen molar-refractivity contribution in [3.05, 3.63) is 22.7 Å². The van der Waals surface area contributed by atoms with Crippen molar-refractivity contribution in [3.8, 4) is 0 Å². The molecule has 1 heterocycles. The fourth-order valence-electron chi connectivity index (χ4n) is 2.84. The highest BCUT2D eigenvalue weighted by molar-refractivity contribution is 5.66. The molecule has 2 atom stereocenters. The van der Waals surface area contributed by atoms with Crippen LogP contribution in [0.1, 0.15) is 19.3 Å². The fraction of sp³-hybridized carbons (Fsp3) is 0.583. The second-order valence-electron chi connectivity index (χ2n) is 5.17. The predicted molar refractivity (Wildman–Crippen MR) is 64.4 cm³/mol. The number of aromatic nitrogens is 2. The minimum Gasteiger partial charge on any atom is -0.480 e. The van der Waals surface area contributed by atoms with Crippen LogP contribution in [0.3, 0.4) is 0 Å². The first kappa shape index (κ1) is 11.3. The summed E-state index contributed by atoms with van der Waals surface area (Å²) in [5.74, 6) is 0.890. The molecule has 0 radical (unpaired) electrons. The van der Waals surface area contributed by atoms with Gasteiger partial charge in [-0.2, -0.15) is 0 Å². The van der Waals surface area contributed by atoms with E-state index in [2.05, 4.69) is 10.3 Å². The number of aliphatic carboxylic acids is 1. The molecule has 2 unspecified atom stereocenters. The first-order valence-corrected chi connectivity index (χ1v) is 6.17. The van der Waals surface area contributed by atoms with Crippen molar-refractivity contribution in [1.82, 2.24) is 9.55 Å². The van der Waals surface area contributed by atoms with Crippen molar-refractivity contribution in [2.24, 2.45) is 11.8 Å². The number of anilines is 1. The zero-order valence-corrected chi connectivity index (χ0v) is 9.87. The van der Waals surface area contributed by atoms with Gasteiger partial charge in [-0.1, -0.05) is 0 Å². The Balaban J connectivity index is 1.75. The molecule has 6 nitrogen and oxygen atoms in total. The summed E-state index contributed by atoms with van der Waals surface area (Å²) in [5, 5.41) is 11.9. The highest BCUT2D eigenvalue weighted by atomic mass is 16.4. The molecule has 6 heteroatoms. The molecule has 2 aliphatic rings. The van der Waals surface area contributed by atoms with E-state index < -0.39 is 5.97 Å². The predicted octanol–water partition coefficient (Wildman–Crippen LogP) is 0.538. The van der Waals surface area contributed by atoms with E-state index in [0.29, 0.717) is 6.04 Å². The summed E-state index contributed by atoms with van der Waals surface area (Å²) in [6.07, 6.45) is 6.37. The molecule has 2 N–H and O–H groups in total. The Bertz CT molecular complexity index is 530. The van der Waals surface area contributed by atoms with Gasteiger partial charge in [0, 0.05) is 18.4 Å². The molecule has 3 rings (SSSR count). The Morgan fingerprint density at radius 3 is 2.83 bits per heavy atom. The number of hydrogen-bond acceptors (Lipinski definition) is 4. The van der Waals surface area contributed by atoms with E-state index >= 15 is 0 Å². The van der Waals surface area contributed by atoms with Crippen LogP contribution in [0.15, 0.2) is 17.2 Å². The monoisotopic (exact) mass is 249 g/mol. The maximum atomic E-state index is 12.0. The minimum absolute atomic E-state index is 0.269. The molecule has 2 saturated carbocycles. The Kier molecular flexibility index (Phi) is 2.57. The van der Waals surface area contributed by atoms with Crippen LogP contribution >= 0.6 is 0 Å². The second-order valence-corrected chi connectivity index (χ2v) is 5.17. The Morgan fingerprint density at radius 1 is 1.44 bits per heavy atom. The van der Waals surface area contributed by atoms with Gasteiger partial charge in [-0.05, 0) is 31.1 Å². The van der Waals surface area contributed by atoms with Crippen LogP contribution in [0.2, 0.25) is 0 Å². The quantitative estimate of drug-likeness (QED) is 0.813. The Morgan fingerprint density at radius 2 is 2.17 bits per heavy atom. The third-order valence-electron chi connectivity index (χ3n) is 3.80. The van der Waals surface area contributed by atoms with Crippen molar-refractivity contribution in [2.75, 3.05) is 5.32 Å². The largest absolute Gasteiger partial charge is 0.480 e. The molecule has 0 spiro atoms. The maximum Gasteiger partial charge on any atom is 0.323 e. The van der Waals surface area contributed by atoms with Crippen molar-refractivity contribution >= 4 is 11.8 Å². The van der Waals surface area contributed by atoms with Gasteiger partial charge in [0.1, 0.15) is 6.54 Å². The number of carbonyl (C=O) groups is 1. The highest BCUT2D eigenvalue weighted by Crippen LogP contribution is 2.52. The van der Waals surface area contributed by atoms with Crippen LogP contribution in [0.5, 0.6) is 0 Å². The number of nitrogens with zero attached hydrogens (tertiary/aromatic N) is 2. The van der Waals surface area contributed by atoms with E-state index in [1.165, 1.54) is 18.8 Å². The molecule has 1 aromatic rings. The van der Waals surface area contributed by atoms with Gasteiger partial charge >= 0.3 is 5.97 Å². The van der Waals surface area contributed by atoms with Gasteiger partial charge < -0.3 is 10.4 Å². The number of rotatable bonds is 4. The number of nitrogens with one attached hydrogen (secondary N) is 1. The van der Waals surface area contributed by atoms with Crippen molar-refractivity contribution < 1.29 is 9.90 Å². The molecule has 0 aliphatic heterocycles. The lowest BCUT2D eigenvalue weighted by molar-refractivity contribution is -0.137. The molecule has 1 aromatic heterocycles. The third kappa shape index (κ3) is 2.10. The number of fused-ring (bicyclic) bond motifs is 1. The molecular formula is C12H15N3O3. The van der Waals surface area contributed by atoms with E-state index in [-0.39, 0.29) is 17.9 Å². The van der Waals surface area contributed by atoms with Gasteiger partial charge in [0.15, 0.2) is 5.82 Å². The number of carboxylic acid groups (broad SMARTS) is 1. The molecule has 0 aromatic carbocycles. The number of carboxylic acids is 1. The van der Waals surface area contributed by atoms with Crippen LogP contribution in [0, 0.1) is 11.8 Å². The fourth-order valence-corrected chi connectivity index (χ4v) is 2.84. The van der Waals surface area contributed by atoms with Gasteiger partial charge in [0.2, 0.25) is 0 Å². The van der Waals surface area contributed by atoms with Crippen LogP contribution in [-0.2, 0) is 11.3 Å². The van der Waals surface area contributed by atoms with E-state index in [1.807, 2.05) is 0 Å². The molecule has 0 amide bonds. The average molecular weight is 249 g/mol. The molecule has 0 bridgehead atoms. The summed E-state index contributed by atoms with van der Waals surface area (Å²) in [5.41, 5.74) is -0.361. The van der Waals surface area contributed by atoms with Crippen molar-refractivity contribution in [1.29, 1.82) is 0 Å². The summed E-state index contributed by atoms with van der Waals surface area (Å²) < 4.78 is 1.16. The van der Waals surface area contributed by atoms with E-state index in [4.69, 9.17) is 5.11 Å². The first-order valence-electron chi connectivity index (χ1n) is 6.17. The lowest BCUT2D eigenvalue weighted by Crippen LogP contribution is -2.30. The van der Waals surface area contributed by atoms with E-state index in [1.54, 1.807) is 0 Å². The van der Waals surface area contributed by atoms with E-state index in [9.17, 15) is 9.59 Å². The zero-order chi connectivity index (χ0) is 12.7. The zero-order valence-electron chi connectivity index (χ0n) is 9.87. The SMILES string of the molecule is O=C(O)Cn1ccnc(NC2CC3CC3C2)c1=O. The van der Waals surface area contributed by atoms with Crippen LogP contribution in [-0.4, -0.2) is 26.7 Å². The lowest BCUT2D eigenvalue weighted by atomic mass is 10.1. The van der Waals surface area contributed by atoms with E-state index in [0.717, 1.165) is 29.2 Å². The summed E-state index contributed by atoms with van der Waals surface area (Å²) in [6.45, 7) is -0.327. The van der Waals surface area contributed by atoms with Gasteiger partial charge in [-0.15, -0.1) is 0 Å². The molecule has 96 valence electrons. The molecule has 0 saturated heterocycles. The first-order chi connectivity index (χ1) is 8.63. The number of hydrogen-bond donors (Lipinski definition) is 2. The standard InChI is InChI=1S/C12H15N3O3/c16-10(17)6-15-2-1-13-11(12(15)18)14-9-4-7-3-8(7)5-9/h1-2,7-9H,3-6H2,(H,13,14)(H,16,17). The Hall–Kier alpha value is -1.85. The molecule has 2 fully saturated rings. The normalized spacial score (nSPS) is 28.8. The lowest BCUT2D eigenvalue weighted by Gasteiger charge is -2.14. The van der Waals surface area contributed by atoms with Gasteiger partial charge in [-0.25, -0.2) is 4.98 Å². The third-order valence-corrected chi connectivity index (χ3v) is 3.80. The summed E-state index contributed by atoms with van der Waals surface area (Å²) in [7, 11) is 0. The van der Waals surface area contributed by atoms with Gasteiger partial charge in [-0.3, -0.25) is 14.2 Å². The summed E-state index contributed by atoms with van der Waals surface area (Å²) in [4.78, 5) is 26.6. The Labute approximate surface area is 104 Å². The highest BCUT2D eigenvalue weighted by Gasteiger charge is 2.45. The van der Waals surface area contributed by atoms with Crippen LogP contribution < -0.4 is 10.9 Å². The average Bonchev–Trinajstić information content (AvgIpc) is 2.92. The van der Waals surface area contributed by atoms with Crippen molar-refractivity contribution in [2.45, 2.75) is 31.8 Å². The topological polar surface area (TPSA) is 84.2 Å². The summed E-state index contributed by atoms with van der Waals surface area (Å²) >= 11 is 0. The molecule has 2 aliphatic carbocycles. The maximum absolute atomic E-state index is 12.0. The molecule has 18 heavy (non-hydrogen) atoms. The minimum atomic E-state index is -1.03. The van der Waals surface area contributed by atoms with Crippen LogP contribution in [0.25, 0.3) is 0 Å². The van der Waals surface area contributed by atoms with Crippen LogP contribution in [0.4, 0.5) is 5.82 Å². The second kappa shape index (κ2) is 4.12. The van der Waals surface area contributed by atoms with Gasteiger partial charge in [0.25, 0.3) is 5.56 Å². The van der Waals surface area contributed by atoms with Crippen molar-refractivity contribution in [3.63, 3.8) is 0 Å².